The highest BCUT2D eigenvalue weighted by Crippen LogP contribution is 2.34. The Hall–Kier alpha value is -3.17. The van der Waals surface area contributed by atoms with E-state index in [2.05, 4.69) is 10.5 Å². The van der Waals surface area contributed by atoms with E-state index in [4.69, 9.17) is 15.3 Å². The van der Waals surface area contributed by atoms with Crippen LogP contribution in [0.2, 0.25) is 0 Å². The number of rotatable bonds is 4. The van der Waals surface area contributed by atoms with Crippen LogP contribution >= 0.6 is 0 Å². The minimum atomic E-state index is -0.430. The maximum absolute atomic E-state index is 11.3. The predicted octanol–water partition coefficient (Wildman–Crippen LogP) is 1.55. The summed E-state index contributed by atoms with van der Waals surface area (Å²) < 4.78 is 5.26. The number of nitrogens with zero attached hydrogens (tertiary/aromatic N) is 5. The van der Waals surface area contributed by atoms with Crippen LogP contribution in [0.15, 0.2) is 17.2 Å². The predicted molar refractivity (Wildman–Crippen MR) is 83.1 cm³/mol. The molecule has 118 valence electrons. The van der Waals surface area contributed by atoms with E-state index in [0.717, 1.165) is 0 Å². The van der Waals surface area contributed by atoms with E-state index in [1.165, 1.54) is 6.07 Å². The van der Waals surface area contributed by atoms with E-state index < -0.39 is 4.92 Å². The third-order valence-electron chi connectivity index (χ3n) is 3.37. The fourth-order valence-corrected chi connectivity index (χ4v) is 2.20. The van der Waals surface area contributed by atoms with E-state index >= 15 is 0 Å². The molecule has 9 heteroatoms. The number of hydrogen-bond donors (Lipinski definition) is 1. The quantitative estimate of drug-likeness (QED) is 0.507. The van der Waals surface area contributed by atoms with Crippen LogP contribution in [0.4, 0.5) is 17.1 Å². The molecule has 1 aliphatic heterocycles. The van der Waals surface area contributed by atoms with Gasteiger partial charge in [0.2, 0.25) is 5.71 Å². The van der Waals surface area contributed by atoms with Crippen LogP contribution in [-0.4, -0.2) is 36.9 Å². The first-order chi connectivity index (χ1) is 11.1. The molecule has 0 aromatic heterocycles. The highest BCUT2D eigenvalue weighted by Gasteiger charge is 2.23. The Morgan fingerprint density at radius 3 is 2.61 bits per heavy atom. The van der Waals surface area contributed by atoms with Gasteiger partial charge in [-0.1, -0.05) is 0 Å². The number of nitro groups is 1. The third-order valence-corrected chi connectivity index (χ3v) is 3.37. The standard InChI is InChI=1S/C14H14N6O3/c1-10-6-14(20(21)22)13(19-2-4-23-5-3-19)7-12(10)18-17-11(8-15)9-16/h6-7,18H,2-5H2,1H3. The van der Waals surface area contributed by atoms with E-state index in [-0.39, 0.29) is 11.4 Å². The number of anilines is 2. The summed E-state index contributed by atoms with van der Waals surface area (Å²) in [6.45, 7) is 3.78. The Morgan fingerprint density at radius 1 is 1.39 bits per heavy atom. The van der Waals surface area contributed by atoms with Gasteiger partial charge in [0.05, 0.1) is 23.8 Å². The molecular weight excluding hydrogens is 300 g/mol. The Balaban J connectivity index is 2.41. The Kier molecular flexibility index (Phi) is 5.07. The molecular formula is C14H14N6O3. The zero-order valence-corrected chi connectivity index (χ0v) is 12.4. The summed E-state index contributed by atoms with van der Waals surface area (Å²) in [5.74, 6) is 0. The van der Waals surface area contributed by atoms with Gasteiger partial charge < -0.3 is 9.64 Å². The number of hydrazone groups is 1. The minimum Gasteiger partial charge on any atom is -0.378 e. The summed E-state index contributed by atoms with van der Waals surface area (Å²) in [6, 6.07) is 6.33. The minimum absolute atomic E-state index is 0.000260. The highest BCUT2D eigenvalue weighted by atomic mass is 16.6. The molecule has 0 aliphatic carbocycles. The topological polar surface area (TPSA) is 128 Å². The lowest BCUT2D eigenvalue weighted by Gasteiger charge is -2.29. The normalized spacial score (nSPS) is 13.6. The number of aryl methyl sites for hydroxylation is 1. The first-order valence-electron chi connectivity index (χ1n) is 6.82. The Labute approximate surface area is 132 Å². The lowest BCUT2D eigenvalue weighted by atomic mass is 10.1. The van der Waals surface area contributed by atoms with Gasteiger partial charge in [-0.3, -0.25) is 15.5 Å². The summed E-state index contributed by atoms with van der Waals surface area (Å²) in [5.41, 5.74) is 3.85. The van der Waals surface area contributed by atoms with Gasteiger partial charge >= 0.3 is 0 Å². The summed E-state index contributed by atoms with van der Waals surface area (Å²) in [6.07, 6.45) is 0. The average Bonchev–Trinajstić information content (AvgIpc) is 2.57. The first-order valence-corrected chi connectivity index (χ1v) is 6.82. The molecule has 1 aromatic rings. The van der Waals surface area contributed by atoms with E-state index in [0.29, 0.717) is 43.2 Å². The summed E-state index contributed by atoms with van der Waals surface area (Å²) in [4.78, 5) is 12.7. The molecule has 1 aromatic carbocycles. The van der Waals surface area contributed by atoms with Crippen LogP contribution in [0.5, 0.6) is 0 Å². The molecule has 0 saturated carbocycles. The SMILES string of the molecule is Cc1cc([N+](=O)[O-])c(N2CCOCC2)cc1NN=C(C#N)C#N. The molecule has 1 saturated heterocycles. The monoisotopic (exact) mass is 314 g/mol. The van der Waals surface area contributed by atoms with Crippen molar-refractivity contribution < 1.29 is 9.66 Å². The summed E-state index contributed by atoms with van der Waals surface area (Å²) >= 11 is 0. The van der Waals surface area contributed by atoms with Crippen molar-refractivity contribution in [2.24, 2.45) is 5.10 Å². The molecule has 2 rings (SSSR count). The van der Waals surface area contributed by atoms with Crippen LogP contribution in [-0.2, 0) is 4.74 Å². The third kappa shape index (κ3) is 3.73. The van der Waals surface area contributed by atoms with Gasteiger partial charge in [0, 0.05) is 19.2 Å². The first kappa shape index (κ1) is 16.2. The molecule has 0 unspecified atom stereocenters. The largest absolute Gasteiger partial charge is 0.378 e. The number of benzene rings is 1. The summed E-state index contributed by atoms with van der Waals surface area (Å²) in [5, 5.41) is 32.4. The number of morpholine rings is 1. The Bertz CT molecular complexity index is 709. The second kappa shape index (κ2) is 7.20. The second-order valence-corrected chi connectivity index (χ2v) is 4.81. The average molecular weight is 314 g/mol. The molecule has 0 radical (unpaired) electrons. The lowest BCUT2D eigenvalue weighted by molar-refractivity contribution is -0.384. The fourth-order valence-electron chi connectivity index (χ4n) is 2.20. The van der Waals surface area contributed by atoms with Crippen molar-refractivity contribution in [3.63, 3.8) is 0 Å². The fraction of sp³-hybridized carbons (Fsp3) is 0.357. The van der Waals surface area contributed by atoms with Crippen LogP contribution < -0.4 is 10.3 Å². The molecule has 0 amide bonds. The van der Waals surface area contributed by atoms with E-state index in [9.17, 15) is 10.1 Å². The Morgan fingerprint density at radius 2 is 2.04 bits per heavy atom. The molecule has 0 bridgehead atoms. The molecule has 1 N–H and O–H groups in total. The number of ether oxygens (including phenoxy) is 1. The number of nitro benzene ring substituents is 1. The van der Waals surface area contributed by atoms with Crippen molar-refractivity contribution in [2.45, 2.75) is 6.92 Å². The molecule has 23 heavy (non-hydrogen) atoms. The maximum Gasteiger partial charge on any atom is 0.292 e. The molecule has 0 spiro atoms. The van der Waals surface area contributed by atoms with Gasteiger partial charge in [-0.25, -0.2) is 0 Å². The number of nitrogens with one attached hydrogen (secondary N) is 1. The summed E-state index contributed by atoms with van der Waals surface area (Å²) in [7, 11) is 0. The van der Waals surface area contributed by atoms with Crippen molar-refractivity contribution in [3.05, 3.63) is 27.8 Å². The van der Waals surface area contributed by atoms with Crippen LogP contribution in [0.25, 0.3) is 0 Å². The maximum atomic E-state index is 11.3. The number of nitriles is 2. The lowest BCUT2D eigenvalue weighted by Crippen LogP contribution is -2.36. The molecule has 1 aliphatic rings. The molecule has 1 heterocycles. The molecule has 0 atom stereocenters. The second-order valence-electron chi connectivity index (χ2n) is 4.81. The van der Waals surface area contributed by atoms with Crippen molar-refractivity contribution in [1.82, 2.24) is 0 Å². The van der Waals surface area contributed by atoms with Gasteiger partial charge in [-0.15, -0.1) is 0 Å². The highest BCUT2D eigenvalue weighted by molar-refractivity contribution is 6.10. The van der Waals surface area contributed by atoms with Gasteiger partial charge in [-0.2, -0.15) is 15.6 Å². The van der Waals surface area contributed by atoms with Crippen molar-refractivity contribution >= 4 is 22.8 Å². The van der Waals surface area contributed by atoms with E-state index in [1.54, 1.807) is 25.1 Å². The smallest absolute Gasteiger partial charge is 0.292 e. The van der Waals surface area contributed by atoms with Crippen LogP contribution in [0.1, 0.15) is 5.56 Å². The van der Waals surface area contributed by atoms with Gasteiger partial charge in [0.25, 0.3) is 5.69 Å². The van der Waals surface area contributed by atoms with Crippen molar-refractivity contribution in [2.75, 3.05) is 36.6 Å². The molecule has 1 fully saturated rings. The van der Waals surface area contributed by atoms with Crippen LogP contribution in [0.3, 0.4) is 0 Å². The zero-order valence-electron chi connectivity index (χ0n) is 12.4. The van der Waals surface area contributed by atoms with Crippen molar-refractivity contribution in [3.8, 4) is 12.1 Å². The van der Waals surface area contributed by atoms with Crippen LogP contribution in [0, 0.1) is 39.7 Å². The number of hydrogen-bond acceptors (Lipinski definition) is 8. The van der Waals surface area contributed by atoms with E-state index in [1.807, 2.05) is 4.90 Å². The van der Waals surface area contributed by atoms with Gasteiger partial charge in [0.15, 0.2) is 0 Å². The molecule has 9 nitrogen and oxygen atoms in total. The zero-order chi connectivity index (χ0) is 16.8. The van der Waals surface area contributed by atoms with Gasteiger partial charge in [-0.05, 0) is 18.6 Å². The van der Waals surface area contributed by atoms with Gasteiger partial charge in [0.1, 0.15) is 17.8 Å². The van der Waals surface area contributed by atoms with Crippen molar-refractivity contribution in [1.29, 1.82) is 10.5 Å².